The molecule has 2 amide bonds. The predicted molar refractivity (Wildman–Crippen MR) is 127 cm³/mol. The van der Waals surface area contributed by atoms with Crippen molar-refractivity contribution >= 4 is 22.7 Å². The second-order valence-corrected chi connectivity index (χ2v) is 9.38. The summed E-state index contributed by atoms with van der Waals surface area (Å²) in [4.78, 5) is 30.4. The minimum Gasteiger partial charge on any atom is -0.345 e. The van der Waals surface area contributed by atoms with Gasteiger partial charge in [0.1, 0.15) is 11.9 Å². The number of fused-ring (bicyclic) bond motifs is 1. The normalized spacial score (nSPS) is 12.5. The molecule has 0 saturated carbocycles. The highest BCUT2D eigenvalue weighted by atomic mass is 19.1. The molecule has 4 rings (SSSR count). The van der Waals surface area contributed by atoms with Gasteiger partial charge in [-0.25, -0.2) is 4.39 Å². The Morgan fingerprint density at radius 3 is 2.49 bits per heavy atom. The van der Waals surface area contributed by atoms with Crippen LogP contribution in [0.4, 0.5) is 4.39 Å². The molecule has 0 bridgehead atoms. The van der Waals surface area contributed by atoms with Crippen LogP contribution in [-0.4, -0.2) is 37.8 Å². The molecule has 2 aromatic heterocycles. The molecule has 35 heavy (non-hydrogen) atoms. The molecule has 182 valence electrons. The fourth-order valence-electron chi connectivity index (χ4n) is 3.73. The quantitative estimate of drug-likeness (QED) is 0.421. The van der Waals surface area contributed by atoms with E-state index in [1.54, 1.807) is 23.7 Å². The molecule has 0 aliphatic carbocycles. The lowest BCUT2D eigenvalue weighted by Crippen LogP contribution is -2.53. The van der Waals surface area contributed by atoms with E-state index in [2.05, 4.69) is 25.9 Å². The highest BCUT2D eigenvalue weighted by molar-refractivity contribution is 6.06. The Labute approximate surface area is 201 Å². The standard InChI is InChI=1S/C25H27FN6O3/c1-15-28-20(35-31-15)13-27-24(34)22(25(2,3)4)29-23(33)21-18-7-5-6-8-19(18)32(30-21)14-16-9-11-17(26)12-10-16/h5-12,22H,13-14H2,1-4H3,(H,27,34)(H,29,33). The van der Waals surface area contributed by atoms with Gasteiger partial charge in [-0.3, -0.25) is 14.3 Å². The number of carbonyl (C=O) groups excluding carboxylic acids is 2. The third kappa shape index (κ3) is 5.53. The minimum absolute atomic E-state index is 0.0529. The second kappa shape index (κ2) is 9.65. The number of hydrogen-bond acceptors (Lipinski definition) is 6. The summed E-state index contributed by atoms with van der Waals surface area (Å²) in [5.74, 6) is -0.419. The van der Waals surface area contributed by atoms with Crippen LogP contribution >= 0.6 is 0 Å². The summed E-state index contributed by atoms with van der Waals surface area (Å²) >= 11 is 0. The third-order valence-corrected chi connectivity index (χ3v) is 5.51. The number of aryl methyl sites for hydroxylation is 1. The number of aromatic nitrogens is 4. The van der Waals surface area contributed by atoms with Crippen molar-refractivity contribution in [2.24, 2.45) is 5.41 Å². The van der Waals surface area contributed by atoms with Gasteiger partial charge in [0.05, 0.1) is 18.6 Å². The summed E-state index contributed by atoms with van der Waals surface area (Å²) in [6.07, 6.45) is 0. The van der Waals surface area contributed by atoms with E-state index in [1.165, 1.54) is 12.1 Å². The van der Waals surface area contributed by atoms with Crippen molar-refractivity contribution in [3.8, 4) is 0 Å². The van der Waals surface area contributed by atoms with E-state index in [0.717, 1.165) is 11.1 Å². The number of rotatable bonds is 7. The zero-order valence-electron chi connectivity index (χ0n) is 20.0. The lowest BCUT2D eigenvalue weighted by Gasteiger charge is -2.30. The van der Waals surface area contributed by atoms with Crippen molar-refractivity contribution in [3.05, 3.63) is 77.3 Å². The van der Waals surface area contributed by atoms with Crippen LogP contribution in [0.15, 0.2) is 53.1 Å². The van der Waals surface area contributed by atoms with Gasteiger partial charge in [-0.2, -0.15) is 10.1 Å². The van der Waals surface area contributed by atoms with Gasteiger partial charge in [0, 0.05) is 5.39 Å². The highest BCUT2D eigenvalue weighted by Crippen LogP contribution is 2.23. The second-order valence-electron chi connectivity index (χ2n) is 9.38. The van der Waals surface area contributed by atoms with Crippen molar-refractivity contribution in [2.45, 2.75) is 46.8 Å². The molecular formula is C25H27FN6O3. The first-order chi connectivity index (χ1) is 16.6. The molecule has 9 nitrogen and oxygen atoms in total. The van der Waals surface area contributed by atoms with Crippen LogP contribution in [0.3, 0.4) is 0 Å². The van der Waals surface area contributed by atoms with Gasteiger partial charge in [-0.05, 0) is 36.1 Å². The zero-order valence-corrected chi connectivity index (χ0v) is 20.0. The molecule has 0 radical (unpaired) electrons. The highest BCUT2D eigenvalue weighted by Gasteiger charge is 2.34. The van der Waals surface area contributed by atoms with E-state index in [0.29, 0.717) is 17.8 Å². The first-order valence-corrected chi connectivity index (χ1v) is 11.2. The fraction of sp³-hybridized carbons (Fsp3) is 0.320. The van der Waals surface area contributed by atoms with Crippen LogP contribution in [0.1, 0.15) is 48.5 Å². The fourth-order valence-corrected chi connectivity index (χ4v) is 3.73. The largest absolute Gasteiger partial charge is 0.345 e. The molecule has 2 heterocycles. The summed E-state index contributed by atoms with van der Waals surface area (Å²) < 4.78 is 20.0. The monoisotopic (exact) mass is 478 g/mol. The number of amides is 2. The zero-order chi connectivity index (χ0) is 25.2. The maximum Gasteiger partial charge on any atom is 0.273 e. The van der Waals surface area contributed by atoms with Gasteiger partial charge in [0.15, 0.2) is 11.5 Å². The Morgan fingerprint density at radius 2 is 1.83 bits per heavy atom. The molecule has 0 aliphatic heterocycles. The molecule has 1 atom stereocenters. The van der Waals surface area contributed by atoms with Crippen LogP contribution < -0.4 is 10.6 Å². The molecule has 0 saturated heterocycles. The number of carbonyl (C=O) groups is 2. The summed E-state index contributed by atoms with van der Waals surface area (Å²) in [6.45, 7) is 7.68. The van der Waals surface area contributed by atoms with E-state index < -0.39 is 17.4 Å². The molecule has 10 heteroatoms. The first kappa shape index (κ1) is 24.1. The SMILES string of the molecule is Cc1noc(CNC(=O)C(NC(=O)c2nn(Cc3ccc(F)cc3)c3ccccc23)C(C)(C)C)n1. The molecule has 0 spiro atoms. The molecule has 4 aromatic rings. The average molecular weight is 479 g/mol. The molecule has 2 aromatic carbocycles. The maximum absolute atomic E-state index is 13.4. The Bertz CT molecular complexity index is 1350. The number of nitrogens with zero attached hydrogens (tertiary/aromatic N) is 4. The van der Waals surface area contributed by atoms with Crippen molar-refractivity contribution in [1.82, 2.24) is 30.6 Å². The van der Waals surface area contributed by atoms with Crippen LogP contribution in [0, 0.1) is 18.2 Å². The number of halogens is 1. The summed E-state index contributed by atoms with van der Waals surface area (Å²) in [6, 6.07) is 12.6. The lowest BCUT2D eigenvalue weighted by atomic mass is 9.86. The summed E-state index contributed by atoms with van der Waals surface area (Å²) in [5.41, 5.74) is 1.22. The van der Waals surface area contributed by atoms with Crippen molar-refractivity contribution in [3.63, 3.8) is 0 Å². The van der Waals surface area contributed by atoms with Crippen molar-refractivity contribution in [2.75, 3.05) is 0 Å². The van der Waals surface area contributed by atoms with Crippen LogP contribution in [0.5, 0.6) is 0 Å². The smallest absolute Gasteiger partial charge is 0.273 e. The van der Waals surface area contributed by atoms with Gasteiger partial charge < -0.3 is 15.2 Å². The molecule has 1 unspecified atom stereocenters. The minimum atomic E-state index is -0.847. The lowest BCUT2D eigenvalue weighted by molar-refractivity contribution is -0.125. The van der Waals surface area contributed by atoms with Crippen molar-refractivity contribution < 1.29 is 18.5 Å². The van der Waals surface area contributed by atoms with Gasteiger partial charge in [-0.1, -0.05) is 56.3 Å². The van der Waals surface area contributed by atoms with E-state index in [1.807, 2.05) is 45.0 Å². The Balaban J connectivity index is 1.56. The molecule has 2 N–H and O–H groups in total. The Hall–Kier alpha value is -4.08. The molecule has 0 fully saturated rings. The van der Waals surface area contributed by atoms with Crippen LogP contribution in [-0.2, 0) is 17.9 Å². The average Bonchev–Trinajstić information content (AvgIpc) is 3.40. The van der Waals surface area contributed by atoms with E-state index in [9.17, 15) is 14.0 Å². The van der Waals surface area contributed by atoms with Gasteiger partial charge >= 0.3 is 0 Å². The number of benzene rings is 2. The maximum atomic E-state index is 13.4. The number of hydrogen-bond donors (Lipinski definition) is 2. The summed E-state index contributed by atoms with van der Waals surface area (Å²) in [5, 5.41) is 14.5. The predicted octanol–water partition coefficient (Wildman–Crippen LogP) is 3.38. The Kier molecular flexibility index (Phi) is 6.63. The van der Waals surface area contributed by atoms with Gasteiger partial charge in [0.25, 0.3) is 5.91 Å². The summed E-state index contributed by atoms with van der Waals surface area (Å²) in [7, 11) is 0. The number of nitrogens with one attached hydrogen (secondary N) is 2. The van der Waals surface area contributed by atoms with E-state index in [-0.39, 0.29) is 29.9 Å². The molecule has 0 aliphatic rings. The van der Waals surface area contributed by atoms with E-state index in [4.69, 9.17) is 4.52 Å². The Morgan fingerprint density at radius 1 is 1.11 bits per heavy atom. The van der Waals surface area contributed by atoms with E-state index >= 15 is 0 Å². The molecular weight excluding hydrogens is 451 g/mol. The van der Waals surface area contributed by atoms with Crippen LogP contribution in [0.2, 0.25) is 0 Å². The van der Waals surface area contributed by atoms with Crippen molar-refractivity contribution in [1.29, 1.82) is 0 Å². The topological polar surface area (TPSA) is 115 Å². The van der Waals surface area contributed by atoms with Gasteiger partial charge in [0.2, 0.25) is 11.8 Å². The van der Waals surface area contributed by atoms with Crippen LogP contribution in [0.25, 0.3) is 10.9 Å². The third-order valence-electron chi connectivity index (χ3n) is 5.51. The number of para-hydroxylation sites is 1. The van der Waals surface area contributed by atoms with Gasteiger partial charge in [-0.15, -0.1) is 0 Å². The first-order valence-electron chi connectivity index (χ1n) is 11.2.